The third kappa shape index (κ3) is 5.59. The molecule has 1 aliphatic carbocycles. The van der Waals surface area contributed by atoms with Crippen molar-refractivity contribution in [3.05, 3.63) is 106 Å². The number of hydrogen-bond donors (Lipinski definition) is 0. The molecule has 0 amide bonds. The van der Waals surface area contributed by atoms with Crippen molar-refractivity contribution in [3.63, 3.8) is 0 Å². The van der Waals surface area contributed by atoms with Crippen LogP contribution in [0.1, 0.15) is 34.9 Å². The van der Waals surface area contributed by atoms with Gasteiger partial charge in [0.25, 0.3) is 0 Å². The number of hydrogen-bond acceptors (Lipinski definition) is 7. The van der Waals surface area contributed by atoms with Gasteiger partial charge in [-0.1, -0.05) is 42.5 Å². The van der Waals surface area contributed by atoms with Crippen molar-refractivity contribution >= 4 is 17.6 Å². The molecule has 1 saturated carbocycles. The van der Waals surface area contributed by atoms with Crippen LogP contribution in [0.2, 0.25) is 0 Å². The second kappa shape index (κ2) is 11.7. The number of nitrogens with zero attached hydrogens (tertiary/aromatic N) is 1. The summed E-state index contributed by atoms with van der Waals surface area (Å²) in [6.07, 6.45) is 2.83. The number of benzene rings is 3. The van der Waals surface area contributed by atoms with Gasteiger partial charge >= 0.3 is 0 Å². The Morgan fingerprint density at radius 1 is 0.816 bits per heavy atom. The first-order valence-corrected chi connectivity index (χ1v) is 12.2. The summed E-state index contributed by atoms with van der Waals surface area (Å²) in [4.78, 5) is 39.3. The first kappa shape index (κ1) is 26.6. The molecule has 0 bridgehead atoms. The first-order valence-electron chi connectivity index (χ1n) is 12.2. The lowest BCUT2D eigenvalue weighted by Gasteiger charge is -2.36. The molecule has 0 radical (unpaired) electrons. The van der Waals surface area contributed by atoms with Gasteiger partial charge in [-0.25, -0.2) is 0 Å². The Balaban J connectivity index is 1.75. The average Bonchev–Trinajstić information content (AvgIpc) is 2.95. The monoisotopic (exact) mass is 515 g/mol. The lowest BCUT2D eigenvalue weighted by atomic mass is 9.64. The largest absolute Gasteiger partial charge is 0.497 e. The Bertz CT molecular complexity index is 1310. The number of nitro groups is 1. The molecule has 8 nitrogen and oxygen atoms in total. The molecule has 1 fully saturated rings. The normalized spacial score (nSPS) is 21.2. The molecule has 0 heterocycles. The summed E-state index contributed by atoms with van der Waals surface area (Å²) in [5.41, 5.74) is 1.93. The molecule has 1 aliphatic rings. The van der Waals surface area contributed by atoms with Crippen LogP contribution < -0.4 is 14.2 Å². The van der Waals surface area contributed by atoms with Crippen LogP contribution in [-0.4, -0.2) is 43.9 Å². The van der Waals surface area contributed by atoms with Crippen LogP contribution in [0, 0.1) is 16.0 Å². The number of rotatable bonds is 9. The van der Waals surface area contributed by atoms with Gasteiger partial charge in [0.1, 0.15) is 23.0 Å². The van der Waals surface area contributed by atoms with Crippen molar-refractivity contribution in [2.75, 3.05) is 21.3 Å². The quantitative estimate of drug-likeness (QED) is 0.169. The molecule has 0 saturated heterocycles. The van der Waals surface area contributed by atoms with E-state index in [2.05, 4.69) is 0 Å². The maximum absolute atomic E-state index is 13.6. The number of allylic oxidation sites excluding steroid dienone is 1. The third-order valence-electron chi connectivity index (χ3n) is 7.06. The van der Waals surface area contributed by atoms with Crippen molar-refractivity contribution in [1.82, 2.24) is 0 Å². The summed E-state index contributed by atoms with van der Waals surface area (Å²) < 4.78 is 15.6. The lowest BCUT2D eigenvalue weighted by molar-refractivity contribution is -0.533. The molecular weight excluding hydrogens is 486 g/mol. The predicted octanol–water partition coefficient (Wildman–Crippen LogP) is 5.10. The standard InChI is InChI=1S/C30H29NO7/c1-36-22-11-4-19(5-12-22)6-17-26(32)29-27(33)18-25(20-7-13-23(37-2)14-8-20)30(31(34)35)28(29)21-9-15-24(38-3)16-10-21/h4-17,25,28-30H,18H2,1-3H3/b17-6+. The molecule has 0 aromatic heterocycles. The van der Waals surface area contributed by atoms with Crippen molar-refractivity contribution in [2.45, 2.75) is 24.3 Å². The molecular formula is C30H29NO7. The van der Waals surface area contributed by atoms with E-state index in [-0.39, 0.29) is 17.1 Å². The van der Waals surface area contributed by atoms with Crippen LogP contribution >= 0.6 is 0 Å². The fourth-order valence-electron chi connectivity index (χ4n) is 5.10. The van der Waals surface area contributed by atoms with Crippen LogP contribution in [0.4, 0.5) is 0 Å². The maximum Gasteiger partial charge on any atom is 0.228 e. The summed E-state index contributed by atoms with van der Waals surface area (Å²) in [5.74, 6) is -1.79. The highest BCUT2D eigenvalue weighted by atomic mass is 16.6. The lowest BCUT2D eigenvalue weighted by Crippen LogP contribution is -2.48. The second-order valence-corrected chi connectivity index (χ2v) is 9.11. The summed E-state index contributed by atoms with van der Waals surface area (Å²) in [6.45, 7) is 0. The zero-order valence-electron chi connectivity index (χ0n) is 21.4. The molecule has 0 spiro atoms. The SMILES string of the molecule is COc1ccc(/C=C/C(=O)C2C(=O)CC(c3ccc(OC)cc3)C([N+](=O)[O-])C2c2ccc(OC)cc2)cc1. The molecule has 0 N–H and O–H groups in total. The van der Waals surface area contributed by atoms with Crippen molar-refractivity contribution in [1.29, 1.82) is 0 Å². The highest BCUT2D eigenvalue weighted by molar-refractivity contribution is 6.10. The highest BCUT2D eigenvalue weighted by Gasteiger charge is 2.53. The molecule has 38 heavy (non-hydrogen) atoms. The van der Waals surface area contributed by atoms with E-state index < -0.39 is 29.6 Å². The average molecular weight is 516 g/mol. The van der Waals surface area contributed by atoms with Gasteiger partial charge in [-0.3, -0.25) is 19.7 Å². The summed E-state index contributed by atoms with van der Waals surface area (Å²) in [6, 6.07) is 19.6. The van der Waals surface area contributed by atoms with Gasteiger partial charge in [0.15, 0.2) is 5.78 Å². The molecule has 3 aromatic rings. The predicted molar refractivity (Wildman–Crippen MR) is 142 cm³/mol. The van der Waals surface area contributed by atoms with Gasteiger partial charge in [-0.15, -0.1) is 0 Å². The minimum Gasteiger partial charge on any atom is -0.497 e. The molecule has 0 aliphatic heterocycles. The van der Waals surface area contributed by atoms with E-state index in [9.17, 15) is 19.7 Å². The fourth-order valence-corrected chi connectivity index (χ4v) is 5.10. The van der Waals surface area contributed by atoms with E-state index in [0.29, 0.717) is 28.4 Å². The minimum atomic E-state index is -1.20. The summed E-state index contributed by atoms with van der Waals surface area (Å²) in [7, 11) is 4.62. The van der Waals surface area contributed by atoms with E-state index in [0.717, 1.165) is 5.56 Å². The molecule has 196 valence electrons. The van der Waals surface area contributed by atoms with Gasteiger partial charge < -0.3 is 14.2 Å². The Hall–Kier alpha value is -4.46. The molecule has 3 aromatic carbocycles. The van der Waals surface area contributed by atoms with E-state index in [4.69, 9.17) is 14.2 Å². The van der Waals surface area contributed by atoms with Gasteiger partial charge in [0.2, 0.25) is 6.04 Å². The first-order chi connectivity index (χ1) is 18.4. The minimum absolute atomic E-state index is 0.114. The van der Waals surface area contributed by atoms with Crippen LogP contribution in [0.5, 0.6) is 17.2 Å². The van der Waals surface area contributed by atoms with E-state index in [1.165, 1.54) is 20.3 Å². The van der Waals surface area contributed by atoms with Crippen LogP contribution in [0.25, 0.3) is 6.08 Å². The van der Waals surface area contributed by atoms with Gasteiger partial charge in [0.05, 0.1) is 39.1 Å². The Morgan fingerprint density at radius 2 is 1.29 bits per heavy atom. The Morgan fingerprint density at radius 3 is 1.76 bits per heavy atom. The van der Waals surface area contributed by atoms with Crippen LogP contribution in [0.3, 0.4) is 0 Å². The highest BCUT2D eigenvalue weighted by Crippen LogP contribution is 2.46. The van der Waals surface area contributed by atoms with Crippen molar-refractivity contribution in [2.24, 2.45) is 5.92 Å². The zero-order valence-corrected chi connectivity index (χ0v) is 21.4. The molecule has 4 atom stereocenters. The molecule has 8 heteroatoms. The zero-order chi connectivity index (χ0) is 27.2. The second-order valence-electron chi connectivity index (χ2n) is 9.11. The Labute approximate surface area is 221 Å². The van der Waals surface area contributed by atoms with Crippen molar-refractivity contribution in [3.8, 4) is 17.2 Å². The van der Waals surface area contributed by atoms with Gasteiger partial charge in [0, 0.05) is 11.3 Å². The number of ether oxygens (including phenoxy) is 3. The van der Waals surface area contributed by atoms with E-state index in [1.807, 2.05) is 0 Å². The number of ketones is 2. The molecule has 4 rings (SSSR count). The van der Waals surface area contributed by atoms with Crippen LogP contribution in [0.15, 0.2) is 78.9 Å². The summed E-state index contributed by atoms with van der Waals surface area (Å²) in [5, 5.41) is 12.6. The van der Waals surface area contributed by atoms with E-state index >= 15 is 0 Å². The van der Waals surface area contributed by atoms with Crippen molar-refractivity contribution < 1.29 is 28.7 Å². The number of carbonyl (C=O) groups is 2. The van der Waals surface area contributed by atoms with E-state index in [1.54, 1.807) is 86.0 Å². The fraction of sp³-hybridized carbons (Fsp3) is 0.267. The van der Waals surface area contributed by atoms with Gasteiger partial charge in [-0.05, 0) is 59.2 Å². The Kier molecular flexibility index (Phi) is 8.21. The van der Waals surface area contributed by atoms with Gasteiger partial charge in [-0.2, -0.15) is 0 Å². The number of Topliss-reactive ketones (excluding diaryl/α,β-unsaturated/α-hetero) is 1. The number of carbonyl (C=O) groups excluding carboxylic acids is 2. The smallest absolute Gasteiger partial charge is 0.228 e. The third-order valence-corrected chi connectivity index (χ3v) is 7.06. The number of methoxy groups -OCH3 is 3. The maximum atomic E-state index is 13.6. The molecule has 4 unspecified atom stereocenters. The van der Waals surface area contributed by atoms with Crippen LogP contribution in [-0.2, 0) is 9.59 Å². The topological polar surface area (TPSA) is 105 Å². The summed E-state index contributed by atoms with van der Waals surface area (Å²) >= 11 is 0.